The Hall–Kier alpha value is -2.42. The Kier molecular flexibility index (Phi) is 5.58. The molecule has 0 unspecified atom stereocenters. The summed E-state index contributed by atoms with van der Waals surface area (Å²) in [4.78, 5) is 14.3. The van der Waals surface area contributed by atoms with E-state index < -0.39 is 21.8 Å². The summed E-state index contributed by atoms with van der Waals surface area (Å²) in [6, 6.07) is 19.0. The topological polar surface area (TPSA) is 79.0 Å². The number of likely N-dealkylation sites (tertiary alicyclic amines) is 1. The fraction of sp³-hybridized carbons (Fsp3) is 0.381. The van der Waals surface area contributed by atoms with Crippen molar-refractivity contribution in [2.45, 2.75) is 31.5 Å². The van der Waals surface area contributed by atoms with Crippen molar-refractivity contribution < 1.29 is 17.9 Å². The molecule has 1 spiro atoms. The highest BCUT2D eigenvalue weighted by Crippen LogP contribution is 2.35. The van der Waals surface area contributed by atoms with E-state index in [4.69, 9.17) is 4.74 Å². The van der Waals surface area contributed by atoms with Crippen molar-refractivity contribution >= 4 is 16.3 Å². The van der Waals surface area contributed by atoms with E-state index in [1.807, 2.05) is 60.7 Å². The van der Waals surface area contributed by atoms with Gasteiger partial charge in [0.05, 0.1) is 5.54 Å². The van der Waals surface area contributed by atoms with E-state index in [-0.39, 0.29) is 13.2 Å². The van der Waals surface area contributed by atoms with Gasteiger partial charge in [-0.25, -0.2) is 9.52 Å². The highest BCUT2D eigenvalue weighted by atomic mass is 32.2. The fourth-order valence-electron chi connectivity index (χ4n) is 4.08. The molecule has 1 amide bonds. The van der Waals surface area contributed by atoms with Gasteiger partial charge >= 0.3 is 6.09 Å². The molecule has 0 aromatic heterocycles. The standard InChI is InChI=1S/C21H25N3O4S/c25-20(28-15-19-10-5-2-6-11-19)23-13-7-12-21(17-23)16-22-29(26,27)24(21)14-18-8-3-1-4-9-18/h1-6,8-11,22H,7,12-17H2/t21-/m1/s1. The third kappa shape index (κ3) is 4.29. The molecule has 8 heteroatoms. The van der Waals surface area contributed by atoms with E-state index in [1.54, 1.807) is 4.90 Å². The minimum Gasteiger partial charge on any atom is -0.445 e. The van der Waals surface area contributed by atoms with Crippen LogP contribution < -0.4 is 4.72 Å². The molecule has 7 nitrogen and oxygen atoms in total. The molecule has 2 aliphatic rings. The van der Waals surface area contributed by atoms with Crippen LogP contribution in [0.2, 0.25) is 0 Å². The molecular weight excluding hydrogens is 390 g/mol. The average Bonchev–Trinajstić information content (AvgIpc) is 2.98. The summed E-state index contributed by atoms with van der Waals surface area (Å²) in [6.45, 7) is 1.66. The maximum absolute atomic E-state index is 12.7. The fourth-order valence-corrected chi connectivity index (χ4v) is 5.72. The Morgan fingerprint density at radius 2 is 1.69 bits per heavy atom. The van der Waals surface area contributed by atoms with Crippen LogP contribution in [0.25, 0.3) is 0 Å². The number of amides is 1. The molecule has 0 radical (unpaired) electrons. The zero-order valence-corrected chi connectivity index (χ0v) is 17.0. The van der Waals surface area contributed by atoms with Crippen LogP contribution in [0.3, 0.4) is 0 Å². The van der Waals surface area contributed by atoms with Crippen LogP contribution >= 0.6 is 0 Å². The van der Waals surface area contributed by atoms with Gasteiger partial charge in [0, 0.05) is 26.2 Å². The van der Waals surface area contributed by atoms with Gasteiger partial charge in [0.1, 0.15) is 6.61 Å². The summed E-state index contributed by atoms with van der Waals surface area (Å²) >= 11 is 0. The molecule has 2 aliphatic heterocycles. The summed E-state index contributed by atoms with van der Waals surface area (Å²) in [5, 5.41) is 0. The Labute approximate surface area is 171 Å². The van der Waals surface area contributed by atoms with E-state index >= 15 is 0 Å². The first-order valence-corrected chi connectivity index (χ1v) is 11.2. The van der Waals surface area contributed by atoms with Gasteiger partial charge in [-0.15, -0.1) is 0 Å². The normalized spacial score (nSPS) is 23.9. The molecule has 29 heavy (non-hydrogen) atoms. The number of benzene rings is 2. The van der Waals surface area contributed by atoms with Crippen LogP contribution in [0, 0.1) is 0 Å². The molecule has 2 aromatic rings. The zero-order chi connectivity index (χ0) is 20.3. The van der Waals surface area contributed by atoms with Crippen molar-refractivity contribution in [3.05, 3.63) is 71.8 Å². The van der Waals surface area contributed by atoms with E-state index in [9.17, 15) is 13.2 Å². The lowest BCUT2D eigenvalue weighted by atomic mass is 9.88. The summed E-state index contributed by atoms with van der Waals surface area (Å²) in [5.74, 6) is 0. The Morgan fingerprint density at radius 1 is 1.03 bits per heavy atom. The number of hydrogen-bond acceptors (Lipinski definition) is 4. The van der Waals surface area contributed by atoms with Crippen LogP contribution in [-0.2, 0) is 28.1 Å². The summed E-state index contributed by atoms with van der Waals surface area (Å²) < 4.78 is 35.1. The number of carbonyl (C=O) groups excluding carboxylic acids is 1. The Bertz CT molecular complexity index is 952. The van der Waals surface area contributed by atoms with Crippen molar-refractivity contribution in [1.82, 2.24) is 13.9 Å². The summed E-state index contributed by atoms with van der Waals surface area (Å²) in [5.41, 5.74) is 1.19. The first kappa shape index (κ1) is 19.9. The van der Waals surface area contributed by atoms with Gasteiger partial charge in [0.2, 0.25) is 0 Å². The molecule has 2 fully saturated rings. The number of nitrogens with one attached hydrogen (secondary N) is 1. The first-order valence-electron chi connectivity index (χ1n) is 9.76. The second kappa shape index (κ2) is 8.14. The van der Waals surface area contributed by atoms with Gasteiger partial charge in [-0.05, 0) is 24.0 Å². The maximum atomic E-state index is 12.7. The number of nitrogens with zero attached hydrogens (tertiary/aromatic N) is 2. The number of carbonyl (C=O) groups is 1. The third-order valence-corrected chi connectivity index (χ3v) is 7.20. The largest absolute Gasteiger partial charge is 0.445 e. The first-order chi connectivity index (χ1) is 14.0. The highest BCUT2D eigenvalue weighted by molar-refractivity contribution is 7.87. The average molecular weight is 416 g/mol. The highest BCUT2D eigenvalue weighted by Gasteiger charge is 2.52. The van der Waals surface area contributed by atoms with Crippen LogP contribution in [0.15, 0.2) is 60.7 Å². The van der Waals surface area contributed by atoms with Gasteiger partial charge in [-0.2, -0.15) is 12.7 Å². The second-order valence-electron chi connectivity index (χ2n) is 7.61. The minimum absolute atomic E-state index is 0.202. The van der Waals surface area contributed by atoms with Crippen molar-refractivity contribution in [2.24, 2.45) is 0 Å². The summed E-state index contributed by atoms with van der Waals surface area (Å²) in [7, 11) is -3.59. The van der Waals surface area contributed by atoms with Crippen LogP contribution in [-0.4, -0.2) is 48.9 Å². The number of rotatable bonds is 4. The number of hydrogen-bond donors (Lipinski definition) is 1. The van der Waals surface area contributed by atoms with Crippen molar-refractivity contribution in [3.8, 4) is 0 Å². The quantitative estimate of drug-likeness (QED) is 0.832. The molecule has 0 saturated carbocycles. The molecule has 154 valence electrons. The molecule has 1 atom stereocenters. The van der Waals surface area contributed by atoms with E-state index in [0.717, 1.165) is 17.5 Å². The van der Waals surface area contributed by atoms with Crippen LogP contribution in [0.4, 0.5) is 4.79 Å². The summed E-state index contributed by atoms with van der Waals surface area (Å²) in [6.07, 6.45) is 1.02. The Balaban J connectivity index is 1.48. The number of piperidine rings is 1. The zero-order valence-electron chi connectivity index (χ0n) is 16.2. The molecule has 2 saturated heterocycles. The van der Waals surface area contributed by atoms with Gasteiger partial charge in [0.15, 0.2) is 0 Å². The predicted molar refractivity (Wildman–Crippen MR) is 109 cm³/mol. The van der Waals surface area contributed by atoms with Gasteiger partial charge in [-0.1, -0.05) is 60.7 Å². The van der Waals surface area contributed by atoms with Crippen molar-refractivity contribution in [2.75, 3.05) is 19.6 Å². The smallest absolute Gasteiger partial charge is 0.410 e. The van der Waals surface area contributed by atoms with Crippen molar-refractivity contribution in [1.29, 1.82) is 0 Å². The molecule has 1 N–H and O–H groups in total. The van der Waals surface area contributed by atoms with E-state index in [2.05, 4.69) is 4.72 Å². The SMILES string of the molecule is O=C(OCc1ccccc1)N1CCC[C@@]2(CNS(=O)(=O)N2Cc2ccccc2)C1. The molecule has 0 aliphatic carbocycles. The van der Waals surface area contributed by atoms with Crippen LogP contribution in [0.5, 0.6) is 0 Å². The molecule has 2 heterocycles. The third-order valence-electron chi connectivity index (χ3n) is 5.59. The lowest BCUT2D eigenvalue weighted by Gasteiger charge is -2.43. The Morgan fingerprint density at radius 3 is 2.38 bits per heavy atom. The molecule has 0 bridgehead atoms. The van der Waals surface area contributed by atoms with E-state index in [0.29, 0.717) is 26.1 Å². The van der Waals surface area contributed by atoms with Crippen molar-refractivity contribution in [3.63, 3.8) is 0 Å². The second-order valence-corrected chi connectivity index (χ2v) is 9.29. The lowest BCUT2D eigenvalue weighted by Crippen LogP contribution is -2.58. The van der Waals surface area contributed by atoms with Gasteiger partial charge in [0.25, 0.3) is 10.2 Å². The van der Waals surface area contributed by atoms with Crippen LogP contribution in [0.1, 0.15) is 24.0 Å². The monoisotopic (exact) mass is 415 g/mol. The van der Waals surface area contributed by atoms with Gasteiger partial charge in [-0.3, -0.25) is 0 Å². The molecule has 4 rings (SSSR count). The molecule has 2 aromatic carbocycles. The molecular formula is C21H25N3O4S. The minimum atomic E-state index is -3.59. The van der Waals surface area contributed by atoms with Gasteiger partial charge < -0.3 is 9.64 Å². The maximum Gasteiger partial charge on any atom is 0.410 e. The predicted octanol–water partition coefficient (Wildman–Crippen LogP) is 2.51. The van der Waals surface area contributed by atoms with E-state index in [1.165, 1.54) is 4.31 Å². The number of ether oxygens (including phenoxy) is 1. The lowest BCUT2D eigenvalue weighted by molar-refractivity contribution is 0.0480.